The van der Waals surface area contributed by atoms with E-state index in [2.05, 4.69) is 15.3 Å². The van der Waals surface area contributed by atoms with Gasteiger partial charge in [-0.1, -0.05) is 0 Å². The molecule has 3 aromatic rings. The molecule has 0 fully saturated rings. The molecule has 0 saturated heterocycles. The van der Waals surface area contributed by atoms with Crippen molar-refractivity contribution < 1.29 is 28.5 Å². The molecule has 0 atom stereocenters. The number of anilines is 2. The maximum atomic E-state index is 12.5. The van der Waals surface area contributed by atoms with Crippen LogP contribution in [0.2, 0.25) is 0 Å². The van der Waals surface area contributed by atoms with Crippen molar-refractivity contribution in [3.8, 4) is 17.2 Å². The number of methoxy groups -OCH3 is 2. The summed E-state index contributed by atoms with van der Waals surface area (Å²) >= 11 is 0. The van der Waals surface area contributed by atoms with E-state index in [1.165, 1.54) is 24.6 Å². The summed E-state index contributed by atoms with van der Waals surface area (Å²) in [4.78, 5) is 33.2. The lowest BCUT2D eigenvalue weighted by molar-refractivity contribution is -0.113. The summed E-state index contributed by atoms with van der Waals surface area (Å²) in [7, 11) is 3.17. The van der Waals surface area contributed by atoms with E-state index in [1.54, 1.807) is 38.5 Å². The molecule has 0 spiro atoms. The first kappa shape index (κ1) is 23.9. The third kappa shape index (κ3) is 5.30. The van der Waals surface area contributed by atoms with E-state index in [4.69, 9.17) is 18.9 Å². The van der Waals surface area contributed by atoms with Crippen LogP contribution in [-0.2, 0) is 14.3 Å². The Kier molecular flexibility index (Phi) is 7.37. The van der Waals surface area contributed by atoms with Crippen molar-refractivity contribution in [3.63, 3.8) is 0 Å². The van der Waals surface area contributed by atoms with E-state index in [-0.39, 0.29) is 17.1 Å². The second-order valence-electron chi connectivity index (χ2n) is 7.51. The van der Waals surface area contributed by atoms with E-state index in [9.17, 15) is 9.59 Å². The van der Waals surface area contributed by atoms with Crippen LogP contribution in [0.1, 0.15) is 12.5 Å². The molecule has 1 aliphatic carbocycles. The molecule has 0 unspecified atom stereocenters. The Morgan fingerprint density at radius 2 is 1.77 bits per heavy atom. The van der Waals surface area contributed by atoms with Gasteiger partial charge in [-0.25, -0.2) is 9.97 Å². The molecule has 0 aliphatic heterocycles. The van der Waals surface area contributed by atoms with Gasteiger partial charge in [-0.15, -0.1) is 0 Å². The van der Waals surface area contributed by atoms with E-state index in [0.717, 1.165) is 0 Å². The summed E-state index contributed by atoms with van der Waals surface area (Å²) < 4.78 is 22.0. The molecular weight excluding hydrogens is 450 g/mol. The molecule has 9 nitrogen and oxygen atoms in total. The van der Waals surface area contributed by atoms with E-state index in [1.807, 2.05) is 13.0 Å². The zero-order valence-electron chi connectivity index (χ0n) is 19.7. The van der Waals surface area contributed by atoms with Gasteiger partial charge in [0, 0.05) is 35.4 Å². The minimum Gasteiger partial charge on any atom is -0.493 e. The van der Waals surface area contributed by atoms with Crippen molar-refractivity contribution in [3.05, 3.63) is 60.5 Å². The van der Waals surface area contributed by atoms with Crippen molar-refractivity contribution in [1.29, 1.82) is 0 Å². The zero-order valence-corrected chi connectivity index (χ0v) is 19.7. The van der Waals surface area contributed by atoms with Crippen molar-refractivity contribution in [2.75, 3.05) is 39.4 Å². The van der Waals surface area contributed by atoms with E-state index >= 15 is 0 Å². The molecule has 1 heterocycles. The maximum absolute atomic E-state index is 12.5. The van der Waals surface area contributed by atoms with Gasteiger partial charge in [0.1, 0.15) is 24.5 Å². The van der Waals surface area contributed by atoms with Crippen LogP contribution in [0.4, 0.5) is 11.5 Å². The summed E-state index contributed by atoms with van der Waals surface area (Å²) in [5, 5.41) is 3.99. The van der Waals surface area contributed by atoms with Crippen LogP contribution in [-0.4, -0.2) is 55.6 Å². The van der Waals surface area contributed by atoms with Crippen molar-refractivity contribution >= 4 is 39.5 Å². The molecule has 0 radical (unpaired) electrons. The standard InChI is InChI=1S/C26H25N3O6/c1-4-34-23-8-5-16(11-19(23)18-12-17(30)6-7-22(18)31)29-26-20-13-24(33-3)25(35-10-9-32-2)14-21(20)27-15-28-26/h5-8,11-15H,4,9-10H2,1-3H3,(H,27,28,29). The first-order valence-corrected chi connectivity index (χ1v) is 11.0. The molecule has 180 valence electrons. The minimum atomic E-state index is -0.263. The van der Waals surface area contributed by atoms with E-state index in [0.29, 0.717) is 65.0 Å². The highest BCUT2D eigenvalue weighted by Gasteiger charge is 2.20. The molecule has 9 heteroatoms. The summed E-state index contributed by atoms with van der Waals surface area (Å²) in [6.07, 6.45) is 5.29. The minimum absolute atomic E-state index is 0.252. The molecule has 35 heavy (non-hydrogen) atoms. The maximum Gasteiger partial charge on any atom is 0.186 e. The Bertz CT molecular complexity index is 1330. The fourth-order valence-corrected chi connectivity index (χ4v) is 3.63. The number of nitrogens with zero attached hydrogens (tertiary/aromatic N) is 2. The van der Waals surface area contributed by atoms with Gasteiger partial charge in [0.15, 0.2) is 23.1 Å². The van der Waals surface area contributed by atoms with Gasteiger partial charge < -0.3 is 24.3 Å². The van der Waals surface area contributed by atoms with Crippen LogP contribution in [0.25, 0.3) is 16.5 Å². The molecule has 1 aliphatic rings. The number of aromatic nitrogens is 2. The number of hydrogen-bond acceptors (Lipinski definition) is 9. The monoisotopic (exact) mass is 475 g/mol. The highest BCUT2D eigenvalue weighted by molar-refractivity contribution is 6.34. The van der Waals surface area contributed by atoms with Crippen LogP contribution in [0.15, 0.2) is 54.9 Å². The predicted molar refractivity (Wildman–Crippen MR) is 131 cm³/mol. The highest BCUT2D eigenvalue weighted by atomic mass is 16.5. The van der Waals surface area contributed by atoms with Crippen LogP contribution < -0.4 is 19.5 Å². The number of hydrogen-bond donors (Lipinski definition) is 1. The van der Waals surface area contributed by atoms with Gasteiger partial charge in [-0.3, -0.25) is 9.59 Å². The van der Waals surface area contributed by atoms with Gasteiger partial charge in [0.05, 0.1) is 25.8 Å². The first-order valence-electron chi connectivity index (χ1n) is 11.0. The Hall–Kier alpha value is -4.24. The molecule has 0 saturated carbocycles. The number of fused-ring (bicyclic) bond motifs is 1. The third-order valence-corrected chi connectivity index (χ3v) is 5.25. The first-order chi connectivity index (χ1) is 17.0. The lowest BCUT2D eigenvalue weighted by Crippen LogP contribution is -2.09. The SMILES string of the molecule is CCOc1ccc(Nc2ncnc3cc(OCCOC)c(OC)cc23)cc1C1=CC(=O)C=CC1=O. The number of rotatable bonds is 10. The molecule has 1 aromatic heterocycles. The number of ketones is 2. The number of ether oxygens (including phenoxy) is 4. The molecule has 0 amide bonds. The van der Waals surface area contributed by atoms with Crippen molar-refractivity contribution in [2.45, 2.75) is 6.92 Å². The fraction of sp³-hybridized carbons (Fsp3) is 0.231. The fourth-order valence-electron chi connectivity index (χ4n) is 3.63. The van der Waals surface area contributed by atoms with Gasteiger partial charge in [-0.2, -0.15) is 0 Å². The van der Waals surface area contributed by atoms with Gasteiger partial charge >= 0.3 is 0 Å². The summed E-state index contributed by atoms with van der Waals surface area (Å²) in [5.74, 6) is 1.60. The van der Waals surface area contributed by atoms with Crippen LogP contribution in [0.5, 0.6) is 17.2 Å². The third-order valence-electron chi connectivity index (χ3n) is 5.25. The summed E-state index contributed by atoms with van der Waals surface area (Å²) in [6, 6.07) is 8.90. The highest BCUT2D eigenvalue weighted by Crippen LogP contribution is 2.36. The van der Waals surface area contributed by atoms with Gasteiger partial charge in [0.2, 0.25) is 0 Å². The number of carbonyl (C=O) groups excluding carboxylic acids is 2. The van der Waals surface area contributed by atoms with Crippen LogP contribution >= 0.6 is 0 Å². The molecule has 1 N–H and O–H groups in total. The summed E-state index contributed by atoms with van der Waals surface area (Å²) in [6.45, 7) is 3.08. The predicted octanol–water partition coefficient (Wildman–Crippen LogP) is 3.90. The smallest absolute Gasteiger partial charge is 0.186 e. The van der Waals surface area contributed by atoms with E-state index < -0.39 is 0 Å². The van der Waals surface area contributed by atoms with Gasteiger partial charge in [0.25, 0.3) is 0 Å². The lowest BCUT2D eigenvalue weighted by Gasteiger charge is -2.16. The normalized spacial score (nSPS) is 13.1. The van der Waals surface area contributed by atoms with Crippen molar-refractivity contribution in [2.24, 2.45) is 0 Å². The van der Waals surface area contributed by atoms with Crippen LogP contribution in [0.3, 0.4) is 0 Å². The Labute approximate surface area is 202 Å². The number of benzene rings is 2. The number of nitrogens with one attached hydrogen (secondary N) is 1. The quantitative estimate of drug-likeness (QED) is 0.345. The van der Waals surface area contributed by atoms with Crippen LogP contribution in [0, 0.1) is 0 Å². The summed E-state index contributed by atoms with van der Waals surface area (Å²) in [5.41, 5.74) is 2.10. The molecular formula is C26H25N3O6. The Morgan fingerprint density at radius 3 is 2.54 bits per heavy atom. The Balaban J connectivity index is 1.72. The Morgan fingerprint density at radius 1 is 0.914 bits per heavy atom. The average Bonchev–Trinajstić information content (AvgIpc) is 2.86. The lowest BCUT2D eigenvalue weighted by atomic mass is 9.95. The largest absolute Gasteiger partial charge is 0.493 e. The average molecular weight is 476 g/mol. The number of allylic oxidation sites excluding steroid dienone is 4. The topological polar surface area (TPSA) is 109 Å². The second kappa shape index (κ2) is 10.8. The molecule has 4 rings (SSSR count). The second-order valence-corrected chi connectivity index (χ2v) is 7.51. The number of carbonyl (C=O) groups is 2. The molecule has 0 bridgehead atoms. The van der Waals surface area contributed by atoms with Gasteiger partial charge in [-0.05, 0) is 49.4 Å². The van der Waals surface area contributed by atoms with Crippen molar-refractivity contribution in [1.82, 2.24) is 9.97 Å². The molecule has 2 aromatic carbocycles. The zero-order chi connectivity index (χ0) is 24.8.